The largest absolute Gasteiger partial charge is 0.496 e. The van der Waals surface area contributed by atoms with Crippen molar-refractivity contribution in [1.82, 2.24) is 30.3 Å². The van der Waals surface area contributed by atoms with Crippen molar-refractivity contribution in [2.75, 3.05) is 7.11 Å². The smallest absolute Gasteiger partial charge is 0.237 e. The molecule has 2 aromatic heterocycles. The maximum Gasteiger partial charge on any atom is 0.237 e. The van der Waals surface area contributed by atoms with E-state index in [4.69, 9.17) is 9.26 Å². The van der Waals surface area contributed by atoms with Crippen LogP contribution in [0.4, 0.5) is 0 Å². The molecule has 4 aromatic rings. The molecule has 0 atom stereocenters. The molecule has 27 heavy (non-hydrogen) atoms. The second-order valence-corrected chi connectivity index (χ2v) is 6.65. The lowest BCUT2D eigenvalue weighted by Gasteiger charge is -2.03. The van der Waals surface area contributed by atoms with Gasteiger partial charge in [0.2, 0.25) is 16.9 Å². The number of aromatic nitrogens is 6. The Morgan fingerprint density at radius 3 is 2.74 bits per heavy atom. The molecule has 0 amide bonds. The summed E-state index contributed by atoms with van der Waals surface area (Å²) in [7, 11) is 1.61. The Bertz CT molecular complexity index is 1040. The Hall–Kier alpha value is -3.20. The van der Waals surface area contributed by atoms with Crippen LogP contribution in [0.3, 0.4) is 0 Å². The summed E-state index contributed by atoms with van der Waals surface area (Å²) >= 11 is 1.42. The zero-order valence-electron chi connectivity index (χ0n) is 14.7. The van der Waals surface area contributed by atoms with E-state index in [1.807, 2.05) is 55.5 Å². The van der Waals surface area contributed by atoms with Gasteiger partial charge in [0.25, 0.3) is 0 Å². The first-order valence-corrected chi connectivity index (χ1v) is 9.17. The van der Waals surface area contributed by atoms with Gasteiger partial charge < -0.3 is 9.26 Å². The van der Waals surface area contributed by atoms with Crippen LogP contribution in [0.15, 0.2) is 58.2 Å². The normalized spacial score (nSPS) is 10.9. The lowest BCUT2D eigenvalue weighted by Crippen LogP contribution is -1.99. The monoisotopic (exact) mass is 380 g/mol. The molecule has 0 spiro atoms. The van der Waals surface area contributed by atoms with Crippen LogP contribution in [0.2, 0.25) is 0 Å². The number of rotatable bonds is 6. The van der Waals surface area contributed by atoms with E-state index in [1.165, 1.54) is 17.3 Å². The van der Waals surface area contributed by atoms with Gasteiger partial charge in [-0.05, 0) is 41.6 Å². The fourth-order valence-corrected chi connectivity index (χ4v) is 3.22. The Kier molecular flexibility index (Phi) is 4.84. The van der Waals surface area contributed by atoms with Gasteiger partial charge in [-0.15, -0.1) is 5.10 Å². The highest BCUT2D eigenvalue weighted by atomic mass is 32.2. The second-order valence-electron chi connectivity index (χ2n) is 5.71. The number of tetrazole rings is 1. The third-order valence-electron chi connectivity index (χ3n) is 3.86. The Morgan fingerprint density at radius 2 is 1.93 bits per heavy atom. The fourth-order valence-electron chi connectivity index (χ4n) is 2.50. The van der Waals surface area contributed by atoms with Gasteiger partial charge in [0.1, 0.15) is 5.75 Å². The molecule has 0 bridgehead atoms. The average molecular weight is 380 g/mol. The lowest BCUT2D eigenvalue weighted by atomic mass is 10.2. The minimum Gasteiger partial charge on any atom is -0.496 e. The summed E-state index contributed by atoms with van der Waals surface area (Å²) in [6, 6.07) is 15.5. The van der Waals surface area contributed by atoms with Crippen molar-refractivity contribution in [3.8, 4) is 22.8 Å². The molecule has 0 N–H and O–H groups in total. The molecule has 8 nitrogen and oxygen atoms in total. The summed E-state index contributed by atoms with van der Waals surface area (Å²) in [5.74, 6) is 2.12. The Balaban J connectivity index is 1.50. The van der Waals surface area contributed by atoms with Gasteiger partial charge in [-0.3, -0.25) is 0 Å². The van der Waals surface area contributed by atoms with Crippen molar-refractivity contribution in [2.24, 2.45) is 0 Å². The quantitative estimate of drug-likeness (QED) is 0.470. The van der Waals surface area contributed by atoms with E-state index in [1.54, 1.807) is 11.8 Å². The molecule has 9 heteroatoms. The first-order valence-electron chi connectivity index (χ1n) is 8.19. The van der Waals surface area contributed by atoms with Crippen LogP contribution in [0.25, 0.3) is 17.1 Å². The van der Waals surface area contributed by atoms with Gasteiger partial charge in [0, 0.05) is 0 Å². The fraction of sp³-hybridized carbons (Fsp3) is 0.167. The molecule has 2 heterocycles. The Morgan fingerprint density at radius 1 is 1.11 bits per heavy atom. The van der Waals surface area contributed by atoms with Crippen LogP contribution in [-0.4, -0.2) is 37.5 Å². The van der Waals surface area contributed by atoms with Gasteiger partial charge in [0.15, 0.2) is 0 Å². The van der Waals surface area contributed by atoms with E-state index in [0.29, 0.717) is 28.4 Å². The molecule has 4 rings (SSSR count). The van der Waals surface area contributed by atoms with Gasteiger partial charge >= 0.3 is 0 Å². The molecule has 136 valence electrons. The maximum atomic E-state index is 5.36. The van der Waals surface area contributed by atoms with Crippen LogP contribution in [-0.2, 0) is 5.75 Å². The first-order chi connectivity index (χ1) is 13.2. The number of ether oxygens (including phenoxy) is 1. The highest BCUT2D eigenvalue weighted by molar-refractivity contribution is 7.98. The predicted octanol–water partition coefficient (Wildman–Crippen LogP) is 3.32. The summed E-state index contributed by atoms with van der Waals surface area (Å²) in [5.41, 5.74) is 2.86. The molecule has 0 fully saturated rings. The van der Waals surface area contributed by atoms with Crippen molar-refractivity contribution in [1.29, 1.82) is 0 Å². The van der Waals surface area contributed by atoms with Crippen LogP contribution in [0.1, 0.15) is 11.5 Å². The van der Waals surface area contributed by atoms with E-state index in [9.17, 15) is 0 Å². The first kappa shape index (κ1) is 17.2. The minimum absolute atomic E-state index is 0.453. The number of thioether (sulfide) groups is 1. The molecule has 0 aliphatic carbocycles. The zero-order valence-corrected chi connectivity index (χ0v) is 15.6. The predicted molar refractivity (Wildman–Crippen MR) is 99.7 cm³/mol. The summed E-state index contributed by atoms with van der Waals surface area (Å²) in [6.07, 6.45) is 0. The molecule has 0 aliphatic rings. The molecule has 2 aromatic carbocycles. The van der Waals surface area contributed by atoms with Crippen molar-refractivity contribution in [2.45, 2.75) is 17.8 Å². The third-order valence-corrected chi connectivity index (χ3v) is 4.76. The van der Waals surface area contributed by atoms with Crippen molar-refractivity contribution >= 4 is 11.8 Å². The highest BCUT2D eigenvalue weighted by Gasteiger charge is 2.15. The van der Waals surface area contributed by atoms with Crippen LogP contribution >= 0.6 is 11.8 Å². The van der Waals surface area contributed by atoms with E-state index in [0.717, 1.165) is 11.3 Å². The van der Waals surface area contributed by atoms with Crippen molar-refractivity contribution in [3.05, 3.63) is 60.0 Å². The summed E-state index contributed by atoms with van der Waals surface area (Å²) in [6.45, 7) is 2.04. The standard InChI is InChI=1S/C18H16N6O2S/c1-12-7-9-13(10-8-12)24-18(20-22-23-24)27-11-16-19-17(21-26-16)14-5-3-4-6-15(14)25-2/h3-10H,11H2,1-2H3. The number of nitrogens with zero attached hydrogens (tertiary/aromatic N) is 6. The molecular formula is C18H16N6O2S. The van der Waals surface area contributed by atoms with Gasteiger partial charge in [-0.1, -0.05) is 46.7 Å². The van der Waals surface area contributed by atoms with Gasteiger partial charge in [0.05, 0.1) is 24.1 Å². The summed E-state index contributed by atoms with van der Waals surface area (Å²) in [4.78, 5) is 4.45. The zero-order chi connectivity index (χ0) is 18.6. The molecule has 0 saturated carbocycles. The molecule has 0 radical (unpaired) electrons. The van der Waals surface area contributed by atoms with Gasteiger partial charge in [-0.2, -0.15) is 9.67 Å². The number of benzene rings is 2. The molecule has 0 unspecified atom stereocenters. The van der Waals surface area contributed by atoms with Crippen LogP contribution < -0.4 is 4.74 Å². The van der Waals surface area contributed by atoms with E-state index in [2.05, 4.69) is 25.7 Å². The molecular weight excluding hydrogens is 364 g/mol. The highest BCUT2D eigenvalue weighted by Crippen LogP contribution is 2.28. The van der Waals surface area contributed by atoms with Crippen LogP contribution in [0.5, 0.6) is 5.75 Å². The number of hydrogen-bond acceptors (Lipinski definition) is 8. The molecule has 0 saturated heterocycles. The number of aryl methyl sites for hydroxylation is 1. The average Bonchev–Trinajstić information content (AvgIpc) is 3.36. The minimum atomic E-state index is 0.453. The van der Waals surface area contributed by atoms with Crippen LogP contribution in [0, 0.1) is 6.92 Å². The second kappa shape index (κ2) is 7.58. The number of methoxy groups -OCH3 is 1. The van der Waals surface area contributed by atoms with E-state index >= 15 is 0 Å². The summed E-state index contributed by atoms with van der Waals surface area (Å²) in [5, 5.41) is 16.6. The third kappa shape index (κ3) is 3.68. The lowest BCUT2D eigenvalue weighted by molar-refractivity contribution is 0.390. The van der Waals surface area contributed by atoms with E-state index < -0.39 is 0 Å². The number of para-hydroxylation sites is 1. The number of hydrogen-bond donors (Lipinski definition) is 0. The molecule has 0 aliphatic heterocycles. The van der Waals surface area contributed by atoms with E-state index in [-0.39, 0.29) is 0 Å². The SMILES string of the molecule is COc1ccccc1-c1noc(CSc2nnnn2-c2ccc(C)cc2)n1. The summed E-state index contributed by atoms with van der Waals surface area (Å²) < 4.78 is 12.4. The van der Waals surface area contributed by atoms with Crippen molar-refractivity contribution in [3.63, 3.8) is 0 Å². The topological polar surface area (TPSA) is 91.8 Å². The van der Waals surface area contributed by atoms with Crippen molar-refractivity contribution < 1.29 is 9.26 Å². The maximum absolute atomic E-state index is 5.36. The Labute approximate surface area is 159 Å². The van der Waals surface area contributed by atoms with Gasteiger partial charge in [-0.25, -0.2) is 0 Å².